The minimum Gasteiger partial charge on any atom is -0.462 e. The highest BCUT2D eigenvalue weighted by Crippen LogP contribution is 2.18. The van der Waals surface area contributed by atoms with Gasteiger partial charge in [0.2, 0.25) is 0 Å². The van der Waals surface area contributed by atoms with Gasteiger partial charge < -0.3 is 14.2 Å². The predicted octanol–water partition coefficient (Wildman–Crippen LogP) is 24.4. The van der Waals surface area contributed by atoms with Gasteiger partial charge in [-0.25, -0.2) is 0 Å². The lowest BCUT2D eigenvalue weighted by molar-refractivity contribution is -0.167. The molecule has 0 N–H and O–H groups in total. The largest absolute Gasteiger partial charge is 0.462 e. The molecule has 0 aliphatic heterocycles. The first-order chi connectivity index (χ1) is 40.0. The number of hydrogen-bond acceptors (Lipinski definition) is 6. The monoisotopic (exact) mass is 1130 g/mol. The van der Waals surface area contributed by atoms with E-state index >= 15 is 0 Å². The van der Waals surface area contributed by atoms with E-state index in [1.54, 1.807) is 0 Å². The second-order valence-corrected chi connectivity index (χ2v) is 23.8. The zero-order valence-electron chi connectivity index (χ0n) is 54.1. The maximum atomic E-state index is 12.9. The van der Waals surface area contributed by atoms with E-state index in [1.807, 2.05) is 0 Å². The topological polar surface area (TPSA) is 78.9 Å². The molecule has 470 valence electrons. The van der Waals surface area contributed by atoms with E-state index in [0.717, 1.165) is 89.9 Å². The first-order valence-electron chi connectivity index (χ1n) is 35.4. The Morgan fingerprint density at radius 2 is 0.481 bits per heavy atom. The van der Waals surface area contributed by atoms with Gasteiger partial charge >= 0.3 is 17.9 Å². The molecule has 0 aromatic rings. The molecule has 0 amide bonds. The quantitative estimate of drug-likeness (QED) is 0.0261. The molecular formula is C75H134O6. The van der Waals surface area contributed by atoms with E-state index < -0.39 is 6.10 Å². The van der Waals surface area contributed by atoms with Gasteiger partial charge in [0, 0.05) is 19.3 Å². The molecule has 0 aromatic carbocycles. The van der Waals surface area contributed by atoms with Crippen molar-refractivity contribution in [1.29, 1.82) is 0 Å². The van der Waals surface area contributed by atoms with Crippen LogP contribution in [-0.4, -0.2) is 37.2 Å². The van der Waals surface area contributed by atoms with Crippen LogP contribution in [0.2, 0.25) is 0 Å². The summed E-state index contributed by atoms with van der Waals surface area (Å²) in [5, 5.41) is 0. The van der Waals surface area contributed by atoms with Crippen molar-refractivity contribution in [2.24, 2.45) is 0 Å². The number of carbonyl (C=O) groups excluding carboxylic acids is 3. The Morgan fingerprint density at radius 1 is 0.259 bits per heavy atom. The molecule has 0 fully saturated rings. The summed E-state index contributed by atoms with van der Waals surface area (Å²) in [7, 11) is 0. The highest BCUT2D eigenvalue weighted by Gasteiger charge is 2.19. The summed E-state index contributed by atoms with van der Waals surface area (Å²) in [4.78, 5) is 38.5. The SMILES string of the molecule is CC/C=C\C/C=C\C/C=C\C/C=C\C/C=C\CCCCCCCCCCCCCCCC(=O)OCC(COC(=O)CCCCCCCCCCCCCCCCCC)OC(=O)CCCCCCCCC/C=C\CCCCCCCCC. The Kier molecular flexibility index (Phi) is 66.6. The zero-order chi connectivity index (χ0) is 58.5. The number of carbonyl (C=O) groups is 3. The van der Waals surface area contributed by atoms with Crippen molar-refractivity contribution in [3.8, 4) is 0 Å². The van der Waals surface area contributed by atoms with Gasteiger partial charge in [-0.1, -0.05) is 331 Å². The van der Waals surface area contributed by atoms with Crippen LogP contribution in [-0.2, 0) is 28.6 Å². The van der Waals surface area contributed by atoms with E-state index in [2.05, 4.69) is 93.7 Å². The van der Waals surface area contributed by atoms with Crippen molar-refractivity contribution in [2.75, 3.05) is 13.2 Å². The summed E-state index contributed by atoms with van der Waals surface area (Å²) in [6.45, 7) is 6.58. The minimum atomic E-state index is -0.777. The summed E-state index contributed by atoms with van der Waals surface area (Å²) >= 11 is 0. The molecule has 0 radical (unpaired) electrons. The van der Waals surface area contributed by atoms with Crippen molar-refractivity contribution in [3.63, 3.8) is 0 Å². The molecule has 0 aliphatic carbocycles. The first-order valence-corrected chi connectivity index (χ1v) is 35.4. The average molecular weight is 1130 g/mol. The van der Waals surface area contributed by atoms with Gasteiger partial charge in [-0.15, -0.1) is 0 Å². The molecule has 0 saturated carbocycles. The first kappa shape index (κ1) is 77.9. The summed E-state index contributed by atoms with van der Waals surface area (Å²) in [6, 6.07) is 0. The number of hydrogen-bond donors (Lipinski definition) is 0. The maximum Gasteiger partial charge on any atom is 0.306 e. The molecule has 0 heterocycles. The third kappa shape index (κ3) is 67.5. The molecule has 0 aliphatic rings. The molecule has 6 heteroatoms. The Labute approximate surface area is 503 Å². The van der Waals surface area contributed by atoms with Crippen molar-refractivity contribution in [2.45, 2.75) is 374 Å². The second-order valence-electron chi connectivity index (χ2n) is 23.8. The maximum absolute atomic E-state index is 12.9. The fourth-order valence-corrected chi connectivity index (χ4v) is 10.4. The van der Waals surface area contributed by atoms with E-state index in [0.29, 0.717) is 19.3 Å². The molecular weight excluding hydrogens is 997 g/mol. The summed E-state index contributed by atoms with van der Waals surface area (Å²) in [6.07, 6.45) is 90.6. The van der Waals surface area contributed by atoms with Crippen LogP contribution in [0.4, 0.5) is 0 Å². The number of ether oxygens (including phenoxy) is 3. The van der Waals surface area contributed by atoms with Crippen LogP contribution in [0.15, 0.2) is 72.9 Å². The van der Waals surface area contributed by atoms with Crippen LogP contribution in [0, 0.1) is 0 Å². The minimum absolute atomic E-state index is 0.0720. The lowest BCUT2D eigenvalue weighted by Gasteiger charge is -2.18. The Hall–Kier alpha value is -3.15. The lowest BCUT2D eigenvalue weighted by Crippen LogP contribution is -2.30. The third-order valence-corrected chi connectivity index (χ3v) is 15.7. The van der Waals surface area contributed by atoms with Crippen LogP contribution in [0.25, 0.3) is 0 Å². The number of rotatable bonds is 65. The Balaban J connectivity index is 4.27. The fourth-order valence-electron chi connectivity index (χ4n) is 10.4. The van der Waals surface area contributed by atoms with Crippen molar-refractivity contribution in [3.05, 3.63) is 72.9 Å². The van der Waals surface area contributed by atoms with Crippen molar-refractivity contribution >= 4 is 17.9 Å². The van der Waals surface area contributed by atoms with Gasteiger partial charge in [0.1, 0.15) is 13.2 Å². The number of unbranched alkanes of at least 4 members (excludes halogenated alkanes) is 42. The fraction of sp³-hybridized carbons (Fsp3) is 0.800. The molecule has 0 rings (SSSR count). The lowest BCUT2D eigenvalue weighted by atomic mass is 10.0. The molecule has 1 atom stereocenters. The van der Waals surface area contributed by atoms with Crippen LogP contribution >= 0.6 is 0 Å². The molecule has 0 aromatic heterocycles. The Morgan fingerprint density at radius 3 is 0.765 bits per heavy atom. The predicted molar refractivity (Wildman–Crippen MR) is 353 cm³/mol. The van der Waals surface area contributed by atoms with Gasteiger partial charge in [0.05, 0.1) is 0 Å². The van der Waals surface area contributed by atoms with E-state index in [4.69, 9.17) is 14.2 Å². The normalized spacial score (nSPS) is 12.5. The summed E-state index contributed by atoms with van der Waals surface area (Å²) < 4.78 is 17.0. The summed E-state index contributed by atoms with van der Waals surface area (Å²) in [5.74, 6) is -0.854. The van der Waals surface area contributed by atoms with Gasteiger partial charge in [-0.05, 0) is 89.9 Å². The van der Waals surface area contributed by atoms with Crippen LogP contribution in [0.5, 0.6) is 0 Å². The third-order valence-electron chi connectivity index (χ3n) is 15.7. The van der Waals surface area contributed by atoms with Gasteiger partial charge in [-0.3, -0.25) is 14.4 Å². The van der Waals surface area contributed by atoms with Gasteiger partial charge in [-0.2, -0.15) is 0 Å². The van der Waals surface area contributed by atoms with E-state index in [1.165, 1.54) is 238 Å². The molecule has 0 bridgehead atoms. The molecule has 81 heavy (non-hydrogen) atoms. The van der Waals surface area contributed by atoms with Crippen LogP contribution in [0.1, 0.15) is 367 Å². The smallest absolute Gasteiger partial charge is 0.306 e. The standard InChI is InChI=1S/C75H134O6/c1-4-7-10-13-16-19-22-25-28-31-33-34-35-36-37-38-39-40-41-42-43-45-47-50-53-56-59-62-65-68-74(77)80-71-72(70-79-73(76)67-64-61-58-55-52-49-46-30-27-24-21-18-15-12-9-6-3)81-75(78)69-66-63-60-57-54-51-48-44-32-29-26-23-20-17-14-11-8-5-2/h7,10,16,19,25,28-29,32-34,36-37,72H,4-6,8-9,11-15,17-18,20-24,26-27,30-31,35,38-71H2,1-3H3/b10-7-,19-16-,28-25-,32-29-,34-33-,37-36-. The zero-order valence-corrected chi connectivity index (χ0v) is 54.1. The summed E-state index contributed by atoms with van der Waals surface area (Å²) in [5.41, 5.74) is 0. The second kappa shape index (κ2) is 69.3. The number of esters is 3. The van der Waals surface area contributed by atoms with Crippen molar-refractivity contribution < 1.29 is 28.6 Å². The van der Waals surface area contributed by atoms with Crippen LogP contribution in [0.3, 0.4) is 0 Å². The van der Waals surface area contributed by atoms with Gasteiger partial charge in [0.25, 0.3) is 0 Å². The van der Waals surface area contributed by atoms with E-state index in [-0.39, 0.29) is 31.1 Å². The number of allylic oxidation sites excluding steroid dienone is 12. The molecule has 6 nitrogen and oxygen atoms in total. The highest BCUT2D eigenvalue weighted by atomic mass is 16.6. The molecule has 0 saturated heterocycles. The van der Waals surface area contributed by atoms with E-state index in [9.17, 15) is 14.4 Å². The molecule has 0 spiro atoms. The highest BCUT2D eigenvalue weighted by molar-refractivity contribution is 5.71. The van der Waals surface area contributed by atoms with Gasteiger partial charge in [0.15, 0.2) is 6.10 Å². The molecule has 1 unspecified atom stereocenters. The Bertz CT molecular complexity index is 1490. The average Bonchev–Trinajstić information content (AvgIpc) is 3.47. The van der Waals surface area contributed by atoms with Crippen LogP contribution < -0.4 is 0 Å². The van der Waals surface area contributed by atoms with Crippen molar-refractivity contribution in [1.82, 2.24) is 0 Å².